The molecule has 6 rings (SSSR count). The van der Waals surface area contributed by atoms with Gasteiger partial charge in [-0.25, -0.2) is 4.90 Å². The largest absolute Gasteiger partial charge is 0.497 e. The summed E-state index contributed by atoms with van der Waals surface area (Å²) < 4.78 is 5.21. The molecule has 2 aromatic rings. The van der Waals surface area contributed by atoms with Gasteiger partial charge in [0.15, 0.2) is 0 Å². The van der Waals surface area contributed by atoms with Gasteiger partial charge in [0, 0.05) is 11.6 Å². The number of carbonyl (C=O) groups excluding carboxylic acids is 3. The summed E-state index contributed by atoms with van der Waals surface area (Å²) in [5.41, 5.74) is 1.45. The molecule has 0 radical (unpaired) electrons. The SMILES string of the molecule is COc1ccc(N2C(=O)[C@@H]3[C@@H]4CCCN4[C@]4(C(=O)Nc5c(Cl)cc(C)cc54)[C@H]3C2=O)cc1. The van der Waals surface area contributed by atoms with E-state index in [-0.39, 0.29) is 23.8 Å². The third-order valence-electron chi connectivity index (χ3n) is 7.53. The number of ether oxygens (including phenoxy) is 1. The quantitative estimate of drug-likeness (QED) is 0.710. The van der Waals surface area contributed by atoms with E-state index in [0.717, 1.165) is 18.4 Å². The van der Waals surface area contributed by atoms with Crippen LogP contribution in [0.1, 0.15) is 24.0 Å². The molecule has 7 nitrogen and oxygen atoms in total. The molecule has 1 N–H and O–H groups in total. The van der Waals surface area contributed by atoms with Crippen molar-refractivity contribution < 1.29 is 19.1 Å². The van der Waals surface area contributed by atoms with Gasteiger partial charge in [-0.05, 0) is 62.2 Å². The Hall–Kier alpha value is -2.90. The van der Waals surface area contributed by atoms with Crippen molar-refractivity contribution in [1.82, 2.24) is 4.90 Å². The molecule has 0 unspecified atom stereocenters. The Bertz CT molecular complexity index is 1200. The molecule has 4 aliphatic heterocycles. The van der Waals surface area contributed by atoms with E-state index in [0.29, 0.717) is 34.3 Å². The lowest BCUT2D eigenvalue weighted by Gasteiger charge is -2.36. The van der Waals surface area contributed by atoms with Gasteiger partial charge >= 0.3 is 0 Å². The van der Waals surface area contributed by atoms with E-state index < -0.39 is 17.4 Å². The fourth-order valence-electron chi connectivity index (χ4n) is 6.38. The van der Waals surface area contributed by atoms with Crippen LogP contribution in [0.3, 0.4) is 0 Å². The summed E-state index contributed by atoms with van der Waals surface area (Å²) >= 11 is 6.50. The summed E-state index contributed by atoms with van der Waals surface area (Å²) in [7, 11) is 1.56. The lowest BCUT2D eigenvalue weighted by Crippen LogP contribution is -2.54. The van der Waals surface area contributed by atoms with Gasteiger partial charge in [-0.15, -0.1) is 0 Å². The first-order valence-corrected chi connectivity index (χ1v) is 11.2. The summed E-state index contributed by atoms with van der Waals surface area (Å²) in [6, 6.07) is 10.4. The molecule has 0 saturated carbocycles. The zero-order chi connectivity index (χ0) is 22.4. The number of nitrogens with zero attached hydrogens (tertiary/aromatic N) is 2. The van der Waals surface area contributed by atoms with Gasteiger partial charge in [0.25, 0.3) is 5.91 Å². The van der Waals surface area contributed by atoms with Gasteiger partial charge in [-0.1, -0.05) is 17.7 Å². The minimum atomic E-state index is -1.22. The average molecular weight is 452 g/mol. The van der Waals surface area contributed by atoms with Gasteiger partial charge < -0.3 is 10.1 Å². The van der Waals surface area contributed by atoms with Crippen LogP contribution in [0.5, 0.6) is 5.75 Å². The molecule has 0 aliphatic carbocycles. The highest BCUT2D eigenvalue weighted by Crippen LogP contribution is 2.61. The lowest BCUT2D eigenvalue weighted by molar-refractivity contribution is -0.135. The standard InChI is InChI=1S/C24H22ClN3O4/c1-12-10-15-20(16(25)11-12)26-23(31)24(15)19-18(17-4-3-9-27(17)24)21(29)28(22(19)30)13-5-7-14(32-2)8-6-13/h5-8,10-11,17-19H,3-4,9H2,1-2H3,(H,26,31)/t17-,18+,19+,24-/m0/s1. The molecule has 0 bridgehead atoms. The molecule has 3 saturated heterocycles. The minimum absolute atomic E-state index is 0.157. The van der Waals surface area contributed by atoms with Crippen molar-refractivity contribution in [3.63, 3.8) is 0 Å². The van der Waals surface area contributed by atoms with Crippen molar-refractivity contribution in [2.45, 2.75) is 31.3 Å². The molecule has 4 aliphatic rings. The van der Waals surface area contributed by atoms with E-state index in [1.54, 1.807) is 37.4 Å². The van der Waals surface area contributed by atoms with Crippen molar-refractivity contribution in [2.75, 3.05) is 23.9 Å². The Morgan fingerprint density at radius 1 is 1.12 bits per heavy atom. The molecular weight excluding hydrogens is 430 g/mol. The number of anilines is 2. The van der Waals surface area contributed by atoms with Gasteiger partial charge in [-0.3, -0.25) is 19.3 Å². The normalized spacial score (nSPS) is 30.7. The van der Waals surface area contributed by atoms with Crippen LogP contribution in [0.25, 0.3) is 0 Å². The van der Waals surface area contributed by atoms with Crippen LogP contribution in [-0.2, 0) is 19.9 Å². The van der Waals surface area contributed by atoms with Crippen molar-refractivity contribution in [3.8, 4) is 5.75 Å². The van der Waals surface area contributed by atoms with Gasteiger partial charge in [0.05, 0.1) is 35.3 Å². The smallest absolute Gasteiger partial charge is 0.250 e. The number of rotatable bonds is 2. The van der Waals surface area contributed by atoms with Crippen molar-refractivity contribution in [3.05, 3.63) is 52.5 Å². The van der Waals surface area contributed by atoms with E-state index in [1.807, 2.05) is 13.0 Å². The zero-order valence-corrected chi connectivity index (χ0v) is 18.5. The Morgan fingerprint density at radius 2 is 1.88 bits per heavy atom. The highest BCUT2D eigenvalue weighted by atomic mass is 35.5. The minimum Gasteiger partial charge on any atom is -0.497 e. The van der Waals surface area contributed by atoms with Crippen molar-refractivity contribution >= 4 is 40.7 Å². The number of imide groups is 1. The monoisotopic (exact) mass is 451 g/mol. The number of carbonyl (C=O) groups is 3. The number of halogens is 1. The number of benzene rings is 2. The second-order valence-electron chi connectivity index (χ2n) is 9.01. The molecule has 0 aromatic heterocycles. The second kappa shape index (κ2) is 6.56. The van der Waals surface area contributed by atoms with E-state index in [9.17, 15) is 14.4 Å². The summed E-state index contributed by atoms with van der Waals surface area (Å²) in [5.74, 6) is -1.55. The van der Waals surface area contributed by atoms with Crippen LogP contribution in [0.15, 0.2) is 36.4 Å². The molecule has 164 valence electrons. The molecule has 32 heavy (non-hydrogen) atoms. The molecule has 3 fully saturated rings. The second-order valence-corrected chi connectivity index (χ2v) is 9.41. The maximum atomic E-state index is 13.9. The number of methoxy groups -OCH3 is 1. The third-order valence-corrected chi connectivity index (χ3v) is 7.83. The Labute approximate surface area is 190 Å². The predicted molar refractivity (Wildman–Crippen MR) is 119 cm³/mol. The number of amides is 3. The average Bonchev–Trinajstić information content (AvgIpc) is 3.47. The Morgan fingerprint density at radius 3 is 2.59 bits per heavy atom. The number of hydrogen-bond acceptors (Lipinski definition) is 5. The summed E-state index contributed by atoms with van der Waals surface area (Å²) in [6.07, 6.45) is 1.66. The predicted octanol–water partition coefficient (Wildman–Crippen LogP) is 3.09. The van der Waals surface area contributed by atoms with Crippen LogP contribution >= 0.6 is 11.6 Å². The zero-order valence-electron chi connectivity index (χ0n) is 17.7. The van der Waals surface area contributed by atoms with Gasteiger partial charge in [0.1, 0.15) is 11.3 Å². The number of nitrogens with one attached hydrogen (secondary N) is 1. The van der Waals surface area contributed by atoms with Gasteiger partial charge in [-0.2, -0.15) is 0 Å². The first-order valence-electron chi connectivity index (χ1n) is 10.8. The fraction of sp³-hybridized carbons (Fsp3) is 0.375. The first-order chi connectivity index (χ1) is 15.4. The van der Waals surface area contributed by atoms with Crippen LogP contribution in [0.2, 0.25) is 5.02 Å². The molecular formula is C24H22ClN3O4. The van der Waals surface area contributed by atoms with Crippen LogP contribution in [-0.4, -0.2) is 42.3 Å². The first kappa shape index (κ1) is 19.8. The molecule has 4 atom stereocenters. The molecule has 2 aromatic carbocycles. The highest BCUT2D eigenvalue weighted by molar-refractivity contribution is 6.35. The molecule has 3 amide bonds. The van der Waals surface area contributed by atoms with Crippen molar-refractivity contribution in [2.24, 2.45) is 11.8 Å². The third kappa shape index (κ3) is 2.22. The van der Waals surface area contributed by atoms with E-state index >= 15 is 0 Å². The maximum absolute atomic E-state index is 13.9. The highest BCUT2D eigenvalue weighted by Gasteiger charge is 2.74. The molecule has 8 heteroatoms. The van der Waals surface area contributed by atoms with Crippen LogP contribution in [0, 0.1) is 18.8 Å². The number of aryl methyl sites for hydroxylation is 1. The number of fused-ring (bicyclic) bond motifs is 7. The Kier molecular flexibility index (Phi) is 4.05. The number of hydrogen-bond donors (Lipinski definition) is 1. The van der Waals surface area contributed by atoms with Crippen LogP contribution in [0.4, 0.5) is 11.4 Å². The summed E-state index contributed by atoms with van der Waals surface area (Å²) in [5, 5.41) is 3.40. The fourth-order valence-corrected chi connectivity index (χ4v) is 6.70. The van der Waals surface area contributed by atoms with E-state index in [1.165, 1.54) is 4.90 Å². The topological polar surface area (TPSA) is 79.0 Å². The maximum Gasteiger partial charge on any atom is 0.250 e. The summed E-state index contributed by atoms with van der Waals surface area (Å²) in [6.45, 7) is 2.58. The van der Waals surface area contributed by atoms with Gasteiger partial charge in [0.2, 0.25) is 11.8 Å². The van der Waals surface area contributed by atoms with Crippen LogP contribution < -0.4 is 15.0 Å². The van der Waals surface area contributed by atoms with E-state index in [4.69, 9.17) is 16.3 Å². The summed E-state index contributed by atoms with van der Waals surface area (Å²) in [4.78, 5) is 44.6. The Balaban J connectivity index is 1.54. The van der Waals surface area contributed by atoms with E-state index in [2.05, 4.69) is 10.2 Å². The lowest BCUT2D eigenvalue weighted by atomic mass is 9.75. The van der Waals surface area contributed by atoms with Crippen molar-refractivity contribution in [1.29, 1.82) is 0 Å². The molecule has 1 spiro atoms. The molecule has 4 heterocycles.